The Morgan fingerprint density at radius 2 is 1.76 bits per heavy atom. The normalized spacial score (nSPS) is 29.4. The van der Waals surface area contributed by atoms with E-state index in [1.54, 1.807) is 12.1 Å². The third-order valence-corrected chi connectivity index (χ3v) is 9.38. The maximum atomic E-state index is 14.8. The maximum Gasteiger partial charge on any atom is 0.250 e. The topological polar surface area (TPSA) is 78.5 Å². The number of hydrogen-bond acceptors (Lipinski definition) is 4. The van der Waals surface area contributed by atoms with Gasteiger partial charge < -0.3 is 10.6 Å². The van der Waals surface area contributed by atoms with Crippen molar-refractivity contribution < 1.29 is 14.4 Å². The number of aryl methyl sites for hydroxylation is 1. The zero-order valence-corrected chi connectivity index (χ0v) is 21.5. The van der Waals surface area contributed by atoms with Gasteiger partial charge in [-0.2, -0.15) is 0 Å². The summed E-state index contributed by atoms with van der Waals surface area (Å²) in [7, 11) is 0. The molecule has 2 amide bonds. The van der Waals surface area contributed by atoms with Crippen molar-refractivity contribution in [2.24, 2.45) is 5.92 Å². The second kappa shape index (κ2) is 7.67. The quantitative estimate of drug-likeness (QED) is 0.439. The van der Waals surface area contributed by atoms with Crippen molar-refractivity contribution in [3.8, 4) is 0 Å². The molecular formula is C29H23Cl2N3O3. The molecule has 2 N–H and O–H groups in total. The molecular weight excluding hydrogens is 509 g/mol. The molecule has 7 rings (SSSR count). The van der Waals surface area contributed by atoms with Crippen molar-refractivity contribution in [2.75, 3.05) is 17.2 Å². The molecule has 2 saturated heterocycles. The zero-order valence-electron chi connectivity index (χ0n) is 20.0. The number of Topliss-reactive ketones (excluding diaryl/α,β-unsaturated/α-hetero) is 1. The van der Waals surface area contributed by atoms with Crippen LogP contribution in [-0.4, -0.2) is 35.1 Å². The molecule has 0 bridgehead atoms. The smallest absolute Gasteiger partial charge is 0.250 e. The number of para-hydroxylation sites is 2. The summed E-state index contributed by atoms with van der Waals surface area (Å²) in [4.78, 5) is 45.5. The van der Waals surface area contributed by atoms with E-state index in [0.717, 1.165) is 23.1 Å². The van der Waals surface area contributed by atoms with E-state index in [1.807, 2.05) is 49.4 Å². The molecule has 4 heterocycles. The second-order valence-electron chi connectivity index (χ2n) is 10.4. The summed E-state index contributed by atoms with van der Waals surface area (Å²) in [5.74, 6) is -1.91. The molecule has 2 fully saturated rings. The van der Waals surface area contributed by atoms with Crippen molar-refractivity contribution in [2.45, 2.75) is 36.8 Å². The lowest BCUT2D eigenvalue weighted by Gasteiger charge is -2.38. The van der Waals surface area contributed by atoms with Gasteiger partial charge in [0, 0.05) is 33.6 Å². The van der Waals surface area contributed by atoms with E-state index < -0.39 is 16.9 Å². The average Bonchev–Trinajstić information content (AvgIpc) is 3.59. The number of nitrogens with one attached hydrogen (secondary N) is 2. The van der Waals surface area contributed by atoms with E-state index in [1.165, 1.54) is 6.07 Å². The van der Waals surface area contributed by atoms with Crippen molar-refractivity contribution in [1.29, 1.82) is 0 Å². The number of carbonyl (C=O) groups excluding carboxylic acids is 3. The van der Waals surface area contributed by atoms with Crippen molar-refractivity contribution >= 4 is 52.2 Å². The molecule has 4 aliphatic rings. The molecule has 0 aromatic heterocycles. The Kier molecular flexibility index (Phi) is 4.76. The number of ketones is 1. The summed E-state index contributed by atoms with van der Waals surface area (Å²) >= 11 is 12.8. The molecule has 3 aromatic carbocycles. The molecule has 186 valence electrons. The first-order chi connectivity index (χ1) is 17.8. The van der Waals surface area contributed by atoms with Gasteiger partial charge in [0.1, 0.15) is 11.0 Å². The molecule has 8 heteroatoms. The standard InChI is InChI=1S/C29H23Cl2N3O3/c1-15-6-4-8-19-23(15)33-27(37)29(19)25(24(35)17-12-11-16(30)14-20(17)31)28(22-10-5-13-34(22)29)18-7-2-3-9-21(18)32-26(28)36/h2-4,6-9,11-12,14,22,25H,5,10,13H2,1H3,(H,32,36)(H,33,37)/t22-,25-,28+,29-/m1/s1. The Morgan fingerprint density at radius 3 is 2.57 bits per heavy atom. The fraction of sp³-hybridized carbons (Fsp3) is 0.276. The van der Waals surface area contributed by atoms with E-state index in [-0.39, 0.29) is 34.2 Å². The first-order valence-electron chi connectivity index (χ1n) is 12.4. The molecule has 4 atom stereocenters. The lowest BCUT2D eigenvalue weighted by Crippen LogP contribution is -2.55. The van der Waals surface area contributed by atoms with E-state index in [9.17, 15) is 14.4 Å². The van der Waals surface area contributed by atoms with Crippen LogP contribution in [0.15, 0.2) is 60.7 Å². The minimum Gasteiger partial charge on any atom is -0.325 e. The molecule has 3 aromatic rings. The number of halogens is 2. The van der Waals surface area contributed by atoms with Crippen LogP contribution in [0.2, 0.25) is 10.0 Å². The number of hydrogen-bond donors (Lipinski definition) is 2. The number of amides is 2. The van der Waals surface area contributed by atoms with E-state index in [4.69, 9.17) is 23.2 Å². The van der Waals surface area contributed by atoms with Gasteiger partial charge in [0.2, 0.25) is 11.8 Å². The summed E-state index contributed by atoms with van der Waals surface area (Å²) < 4.78 is 0. The highest BCUT2D eigenvalue weighted by atomic mass is 35.5. The Balaban J connectivity index is 1.60. The first kappa shape index (κ1) is 23.0. The number of rotatable bonds is 2. The Hall–Kier alpha value is -3.19. The van der Waals surface area contributed by atoms with Crippen LogP contribution in [0, 0.1) is 12.8 Å². The van der Waals surface area contributed by atoms with Gasteiger partial charge in [-0.15, -0.1) is 0 Å². The van der Waals surface area contributed by atoms with Gasteiger partial charge in [-0.25, -0.2) is 0 Å². The van der Waals surface area contributed by atoms with Gasteiger partial charge in [0.15, 0.2) is 5.78 Å². The Labute approximate surface area is 223 Å². The fourth-order valence-corrected chi connectivity index (χ4v) is 8.07. The lowest BCUT2D eigenvalue weighted by molar-refractivity contribution is -0.128. The highest BCUT2D eigenvalue weighted by molar-refractivity contribution is 6.37. The summed E-state index contributed by atoms with van der Waals surface area (Å²) in [6.45, 7) is 2.54. The summed E-state index contributed by atoms with van der Waals surface area (Å²) in [5, 5.41) is 6.76. The zero-order chi connectivity index (χ0) is 25.7. The van der Waals surface area contributed by atoms with Gasteiger partial charge in [0.25, 0.3) is 0 Å². The number of anilines is 2. The van der Waals surface area contributed by atoms with Crippen molar-refractivity contribution in [3.63, 3.8) is 0 Å². The first-order valence-corrected chi connectivity index (χ1v) is 13.2. The lowest BCUT2D eigenvalue weighted by atomic mass is 9.60. The minimum atomic E-state index is -1.36. The van der Waals surface area contributed by atoms with Gasteiger partial charge in [0.05, 0.1) is 10.9 Å². The fourth-order valence-electron chi connectivity index (χ4n) is 7.56. The van der Waals surface area contributed by atoms with Gasteiger partial charge >= 0.3 is 0 Å². The van der Waals surface area contributed by atoms with Crippen LogP contribution in [0.25, 0.3) is 0 Å². The maximum absolute atomic E-state index is 14.8. The third-order valence-electron chi connectivity index (χ3n) is 8.83. The summed E-state index contributed by atoms with van der Waals surface area (Å²) in [5.41, 5.74) is 1.41. The second-order valence-corrected chi connectivity index (χ2v) is 11.2. The van der Waals surface area contributed by atoms with E-state index in [0.29, 0.717) is 29.4 Å². The van der Waals surface area contributed by atoms with Crippen LogP contribution in [0.4, 0.5) is 11.4 Å². The predicted molar refractivity (Wildman–Crippen MR) is 142 cm³/mol. The molecule has 37 heavy (non-hydrogen) atoms. The Bertz CT molecular complexity index is 1560. The van der Waals surface area contributed by atoms with Gasteiger partial charge in [-0.3, -0.25) is 19.3 Å². The number of carbonyl (C=O) groups is 3. The molecule has 4 aliphatic heterocycles. The van der Waals surface area contributed by atoms with Crippen LogP contribution in [0.3, 0.4) is 0 Å². The van der Waals surface area contributed by atoms with Crippen LogP contribution in [-0.2, 0) is 20.5 Å². The number of benzene rings is 3. The monoisotopic (exact) mass is 531 g/mol. The highest BCUT2D eigenvalue weighted by Gasteiger charge is 2.78. The summed E-state index contributed by atoms with van der Waals surface area (Å²) in [6.07, 6.45) is 1.51. The number of fused-ring (bicyclic) bond motifs is 7. The predicted octanol–water partition coefficient (Wildman–Crippen LogP) is 5.32. The summed E-state index contributed by atoms with van der Waals surface area (Å²) in [6, 6.07) is 17.7. The van der Waals surface area contributed by atoms with Crippen LogP contribution >= 0.6 is 23.2 Å². The average molecular weight is 532 g/mol. The van der Waals surface area contributed by atoms with Gasteiger partial charge in [-0.05, 0) is 61.7 Å². The van der Waals surface area contributed by atoms with E-state index in [2.05, 4.69) is 15.5 Å². The molecule has 0 radical (unpaired) electrons. The van der Waals surface area contributed by atoms with Crippen LogP contribution < -0.4 is 10.6 Å². The Morgan fingerprint density at radius 1 is 0.973 bits per heavy atom. The SMILES string of the molecule is Cc1cccc2c1NC(=O)[C@]21[C@H](C(=O)c2ccc(Cl)cc2Cl)[C@@]2(C(=O)Nc3ccccc32)[C@H]2CCCN21. The van der Waals surface area contributed by atoms with Crippen molar-refractivity contribution in [1.82, 2.24) is 4.90 Å². The van der Waals surface area contributed by atoms with Crippen LogP contribution in [0.5, 0.6) is 0 Å². The highest BCUT2D eigenvalue weighted by Crippen LogP contribution is 2.66. The molecule has 0 saturated carbocycles. The minimum absolute atomic E-state index is 0.199. The van der Waals surface area contributed by atoms with Crippen LogP contribution in [0.1, 0.15) is 39.9 Å². The molecule has 0 unspecified atom stereocenters. The van der Waals surface area contributed by atoms with Gasteiger partial charge in [-0.1, -0.05) is 59.6 Å². The van der Waals surface area contributed by atoms with E-state index >= 15 is 0 Å². The largest absolute Gasteiger partial charge is 0.325 e. The van der Waals surface area contributed by atoms with Crippen molar-refractivity contribution in [3.05, 3.63) is 93.0 Å². The third kappa shape index (κ3) is 2.63. The number of nitrogens with zero attached hydrogens (tertiary/aromatic N) is 1. The molecule has 6 nitrogen and oxygen atoms in total. The molecule has 2 spiro atoms. The molecule has 0 aliphatic carbocycles.